The first-order chi connectivity index (χ1) is 19.5. The molecule has 1 unspecified atom stereocenters. The summed E-state index contributed by atoms with van der Waals surface area (Å²) in [5, 5.41) is 21.5. The summed E-state index contributed by atoms with van der Waals surface area (Å²) < 4.78 is 10.8. The maximum Gasteiger partial charge on any atom is 0.338 e. The van der Waals surface area contributed by atoms with E-state index in [-0.39, 0.29) is 35.6 Å². The van der Waals surface area contributed by atoms with Crippen molar-refractivity contribution in [2.75, 3.05) is 13.2 Å². The average Bonchev–Trinajstić information content (AvgIpc) is 3.18. The van der Waals surface area contributed by atoms with Crippen LogP contribution >= 0.6 is 0 Å². The van der Waals surface area contributed by atoms with Crippen molar-refractivity contribution in [3.8, 4) is 11.5 Å². The third-order valence-corrected chi connectivity index (χ3v) is 6.93. The molecule has 1 heterocycles. The van der Waals surface area contributed by atoms with E-state index < -0.39 is 23.7 Å². The van der Waals surface area contributed by atoms with Gasteiger partial charge in [-0.15, -0.1) is 0 Å². The number of benzene rings is 3. The molecule has 8 heteroatoms. The highest BCUT2D eigenvalue weighted by molar-refractivity contribution is 6.46. The maximum absolute atomic E-state index is 13.5. The minimum atomic E-state index is -0.912. The fourth-order valence-electron chi connectivity index (χ4n) is 4.90. The van der Waals surface area contributed by atoms with Crippen LogP contribution in [0, 0.1) is 0 Å². The van der Waals surface area contributed by atoms with Crippen LogP contribution in [-0.2, 0) is 26.3 Å². The second-order valence-corrected chi connectivity index (χ2v) is 10.8. The van der Waals surface area contributed by atoms with Gasteiger partial charge in [-0.2, -0.15) is 0 Å². The summed E-state index contributed by atoms with van der Waals surface area (Å²) in [6, 6.07) is 17.1. The van der Waals surface area contributed by atoms with E-state index >= 15 is 0 Å². The van der Waals surface area contributed by atoms with Gasteiger partial charge < -0.3 is 24.6 Å². The Balaban J connectivity index is 1.81. The number of aromatic hydroxyl groups is 1. The number of hydrogen-bond acceptors (Lipinski definition) is 7. The molecular weight excluding hydrogens is 522 g/mol. The minimum absolute atomic E-state index is 0.0292. The normalized spacial score (nSPS) is 16.6. The fraction of sp³-hybridized carbons (Fsp3) is 0.303. The molecule has 1 aliphatic rings. The van der Waals surface area contributed by atoms with Crippen molar-refractivity contribution in [2.45, 2.75) is 52.6 Å². The number of ether oxygens (including phenoxy) is 2. The minimum Gasteiger partial charge on any atom is -0.508 e. The number of ketones is 1. The summed E-state index contributed by atoms with van der Waals surface area (Å²) in [6.07, 6.45) is 0. The van der Waals surface area contributed by atoms with E-state index in [0.717, 1.165) is 5.56 Å². The Labute approximate surface area is 239 Å². The molecule has 0 aromatic heterocycles. The quantitative estimate of drug-likeness (QED) is 0.154. The zero-order chi connectivity index (χ0) is 29.9. The summed E-state index contributed by atoms with van der Waals surface area (Å²) in [4.78, 5) is 40.4. The number of carbonyl (C=O) groups is 3. The second-order valence-electron chi connectivity index (χ2n) is 10.8. The molecule has 1 fully saturated rings. The molecular formula is C33H35NO7. The van der Waals surface area contributed by atoms with Crippen LogP contribution < -0.4 is 4.74 Å². The van der Waals surface area contributed by atoms with Gasteiger partial charge in [-0.1, -0.05) is 45.0 Å². The van der Waals surface area contributed by atoms with Gasteiger partial charge in [-0.05, 0) is 72.9 Å². The molecule has 3 aromatic carbocycles. The monoisotopic (exact) mass is 557 g/mol. The number of carbonyl (C=O) groups excluding carboxylic acids is 3. The van der Waals surface area contributed by atoms with Crippen molar-refractivity contribution < 1.29 is 34.1 Å². The Hall–Kier alpha value is -4.59. The number of hydrogen-bond donors (Lipinski definition) is 2. The lowest BCUT2D eigenvalue weighted by molar-refractivity contribution is -0.140. The number of likely N-dealkylation sites (tertiary alicyclic amines) is 1. The lowest BCUT2D eigenvalue weighted by atomic mass is 9.84. The highest BCUT2D eigenvalue weighted by Crippen LogP contribution is 2.42. The van der Waals surface area contributed by atoms with Gasteiger partial charge in [0.05, 0.1) is 30.4 Å². The topological polar surface area (TPSA) is 113 Å². The van der Waals surface area contributed by atoms with Crippen molar-refractivity contribution >= 4 is 23.4 Å². The number of rotatable bonds is 8. The van der Waals surface area contributed by atoms with Gasteiger partial charge in [0.2, 0.25) is 0 Å². The first-order valence-corrected chi connectivity index (χ1v) is 13.6. The molecule has 8 nitrogen and oxygen atoms in total. The molecule has 0 radical (unpaired) electrons. The molecule has 3 aromatic rings. The summed E-state index contributed by atoms with van der Waals surface area (Å²) in [7, 11) is 0. The molecule has 4 rings (SSSR count). The Morgan fingerprint density at radius 2 is 1.54 bits per heavy atom. The molecule has 1 atom stereocenters. The Kier molecular flexibility index (Phi) is 8.52. The van der Waals surface area contributed by atoms with E-state index in [1.54, 1.807) is 61.5 Å². The number of esters is 1. The molecule has 1 aliphatic heterocycles. The van der Waals surface area contributed by atoms with Gasteiger partial charge in [0.25, 0.3) is 11.7 Å². The van der Waals surface area contributed by atoms with Gasteiger partial charge >= 0.3 is 5.97 Å². The third kappa shape index (κ3) is 6.11. The number of phenolic OH excluding ortho intramolecular Hbond substituents is 1. The highest BCUT2D eigenvalue weighted by Gasteiger charge is 2.46. The van der Waals surface area contributed by atoms with Gasteiger partial charge in [0, 0.05) is 17.7 Å². The molecule has 1 saturated heterocycles. The van der Waals surface area contributed by atoms with Crippen molar-refractivity contribution in [3.63, 3.8) is 0 Å². The van der Waals surface area contributed by atoms with Crippen LogP contribution in [0.25, 0.3) is 5.76 Å². The first-order valence-electron chi connectivity index (χ1n) is 13.6. The van der Waals surface area contributed by atoms with Crippen LogP contribution in [0.2, 0.25) is 0 Å². The van der Waals surface area contributed by atoms with Gasteiger partial charge in [0.15, 0.2) is 0 Å². The number of amides is 1. The van der Waals surface area contributed by atoms with Crippen molar-refractivity contribution in [3.05, 3.63) is 100 Å². The van der Waals surface area contributed by atoms with Crippen LogP contribution in [0.3, 0.4) is 0 Å². The molecule has 0 saturated carbocycles. The summed E-state index contributed by atoms with van der Waals surface area (Å²) in [5.74, 6) is -1.61. The zero-order valence-electron chi connectivity index (χ0n) is 23.9. The van der Waals surface area contributed by atoms with Crippen LogP contribution in [0.15, 0.2) is 72.3 Å². The van der Waals surface area contributed by atoms with E-state index in [0.29, 0.717) is 34.6 Å². The van der Waals surface area contributed by atoms with Gasteiger partial charge in [0.1, 0.15) is 17.3 Å². The maximum atomic E-state index is 13.5. The van der Waals surface area contributed by atoms with Crippen LogP contribution in [0.4, 0.5) is 0 Å². The van der Waals surface area contributed by atoms with Crippen LogP contribution in [-0.4, -0.2) is 46.0 Å². The summed E-state index contributed by atoms with van der Waals surface area (Å²) >= 11 is 0. The van der Waals surface area contributed by atoms with E-state index in [9.17, 15) is 24.6 Å². The van der Waals surface area contributed by atoms with E-state index in [1.165, 1.54) is 17.0 Å². The predicted octanol–water partition coefficient (Wildman–Crippen LogP) is 5.89. The zero-order valence-corrected chi connectivity index (χ0v) is 23.9. The highest BCUT2D eigenvalue weighted by atomic mass is 16.5. The lowest BCUT2D eigenvalue weighted by Gasteiger charge is -2.26. The summed E-state index contributed by atoms with van der Waals surface area (Å²) in [6.45, 7) is 10.5. The number of Topliss-reactive ketones (excluding diaryl/α,β-unsaturated/α-hetero) is 1. The van der Waals surface area contributed by atoms with E-state index in [4.69, 9.17) is 9.47 Å². The molecule has 1 amide bonds. The van der Waals surface area contributed by atoms with Crippen LogP contribution in [0.1, 0.15) is 73.3 Å². The molecule has 41 heavy (non-hydrogen) atoms. The first kappa shape index (κ1) is 29.4. The van der Waals surface area contributed by atoms with Gasteiger partial charge in [-0.3, -0.25) is 9.59 Å². The molecule has 0 aliphatic carbocycles. The Bertz CT molecular complexity index is 1480. The standard InChI is InChI=1S/C33H35NO7/c1-6-40-26-17-14-23(18-25(26)33(3,4)5)29(36)27-28(21-12-15-24(35)16-13-21)34(31(38)30(27)37)19-20-8-10-22(11-9-20)32(39)41-7-2/h8-18,28,35-36H,6-7,19H2,1-5H3/b29-27-. The largest absolute Gasteiger partial charge is 0.508 e. The number of aliphatic hydroxyl groups is 1. The fourth-order valence-corrected chi connectivity index (χ4v) is 4.90. The predicted molar refractivity (Wildman–Crippen MR) is 155 cm³/mol. The molecule has 0 bridgehead atoms. The molecule has 214 valence electrons. The lowest BCUT2D eigenvalue weighted by Crippen LogP contribution is -2.29. The molecule has 2 N–H and O–H groups in total. The van der Waals surface area contributed by atoms with E-state index in [1.807, 2.05) is 27.7 Å². The Morgan fingerprint density at radius 3 is 2.12 bits per heavy atom. The van der Waals surface area contributed by atoms with Crippen molar-refractivity contribution in [1.29, 1.82) is 0 Å². The van der Waals surface area contributed by atoms with Crippen molar-refractivity contribution in [1.82, 2.24) is 4.90 Å². The van der Waals surface area contributed by atoms with E-state index in [2.05, 4.69) is 0 Å². The van der Waals surface area contributed by atoms with Gasteiger partial charge in [-0.25, -0.2) is 4.79 Å². The average molecular weight is 558 g/mol. The van der Waals surface area contributed by atoms with Crippen molar-refractivity contribution in [2.24, 2.45) is 0 Å². The molecule has 0 spiro atoms. The number of nitrogens with zero attached hydrogens (tertiary/aromatic N) is 1. The smallest absolute Gasteiger partial charge is 0.338 e. The van der Waals surface area contributed by atoms with Crippen LogP contribution in [0.5, 0.6) is 11.5 Å². The summed E-state index contributed by atoms with van der Waals surface area (Å²) in [5.41, 5.74) is 2.47. The SMILES string of the molecule is CCOC(=O)c1ccc(CN2C(=O)C(=O)/C(=C(\O)c3ccc(OCC)c(C(C)(C)C)c3)C2c2ccc(O)cc2)cc1. The number of aliphatic hydroxyl groups excluding tert-OH is 1. The third-order valence-electron chi connectivity index (χ3n) is 6.93. The second kappa shape index (κ2) is 11.9. The number of phenols is 1. The Morgan fingerprint density at radius 1 is 0.902 bits per heavy atom.